The van der Waals surface area contributed by atoms with Gasteiger partial charge in [0.25, 0.3) is 0 Å². The molecule has 0 saturated carbocycles. The number of nitrogens with zero attached hydrogens (tertiary/aromatic N) is 3. The summed E-state index contributed by atoms with van der Waals surface area (Å²) in [6.07, 6.45) is 6.17. The maximum atomic E-state index is 6.20. The van der Waals surface area contributed by atoms with Gasteiger partial charge in [-0.3, -0.25) is 4.90 Å². The molecule has 0 amide bonds. The van der Waals surface area contributed by atoms with Crippen molar-refractivity contribution in [3.63, 3.8) is 0 Å². The quantitative estimate of drug-likeness (QED) is 0.788. The van der Waals surface area contributed by atoms with Gasteiger partial charge in [-0.05, 0) is 33.4 Å². The van der Waals surface area contributed by atoms with E-state index in [9.17, 15) is 0 Å². The fraction of sp³-hybridized carbons (Fsp3) is 0.727. The molecule has 1 aliphatic rings. The zero-order chi connectivity index (χ0) is 10.8. The molecule has 2 atom stereocenters. The van der Waals surface area contributed by atoms with Crippen LogP contribution in [0.2, 0.25) is 0 Å². The number of aryl methyl sites for hydroxylation is 1. The van der Waals surface area contributed by atoms with Crippen LogP contribution < -0.4 is 5.73 Å². The lowest BCUT2D eigenvalue weighted by molar-refractivity contribution is 0.156. The molecule has 1 fully saturated rings. The predicted molar refractivity (Wildman–Crippen MR) is 60.5 cm³/mol. The summed E-state index contributed by atoms with van der Waals surface area (Å²) in [6, 6.07) is 0.576. The Hall–Kier alpha value is -0.870. The molecule has 15 heavy (non-hydrogen) atoms. The van der Waals surface area contributed by atoms with Crippen LogP contribution in [0.5, 0.6) is 0 Å². The topological polar surface area (TPSA) is 47.1 Å². The van der Waals surface area contributed by atoms with Crippen molar-refractivity contribution in [1.29, 1.82) is 0 Å². The summed E-state index contributed by atoms with van der Waals surface area (Å²) in [5.41, 5.74) is 7.46. The van der Waals surface area contributed by atoms with Crippen LogP contribution in [0, 0.1) is 0 Å². The molecule has 2 N–H and O–H groups in total. The highest BCUT2D eigenvalue weighted by atomic mass is 15.2. The average Bonchev–Trinajstić information content (AvgIpc) is 2.65. The third kappa shape index (κ3) is 1.92. The summed E-state index contributed by atoms with van der Waals surface area (Å²) >= 11 is 0. The van der Waals surface area contributed by atoms with E-state index in [-0.39, 0.29) is 6.04 Å². The lowest BCUT2D eigenvalue weighted by Crippen LogP contribution is -2.44. The van der Waals surface area contributed by atoms with Crippen molar-refractivity contribution in [3.8, 4) is 0 Å². The van der Waals surface area contributed by atoms with Crippen LogP contribution in [0.25, 0.3) is 0 Å². The number of hydrogen-bond donors (Lipinski definition) is 1. The molecule has 0 bridgehead atoms. The van der Waals surface area contributed by atoms with E-state index in [0.717, 1.165) is 19.5 Å². The van der Waals surface area contributed by atoms with Crippen LogP contribution >= 0.6 is 0 Å². The number of hydrogen-bond acceptors (Lipinski definition) is 3. The van der Waals surface area contributed by atoms with E-state index in [1.165, 1.54) is 12.1 Å². The molecule has 4 heteroatoms. The van der Waals surface area contributed by atoms with E-state index in [0.29, 0.717) is 6.04 Å². The Bertz CT molecular complexity index is 310. The normalized spacial score (nSPS) is 28.2. The first-order chi connectivity index (χ1) is 7.24. The zero-order valence-corrected chi connectivity index (χ0v) is 9.56. The summed E-state index contributed by atoms with van der Waals surface area (Å²) in [4.78, 5) is 6.56. The zero-order valence-electron chi connectivity index (χ0n) is 9.56. The molecule has 0 aromatic carbocycles. The molecule has 0 spiro atoms. The predicted octanol–water partition coefficient (Wildman–Crippen LogP) is 0.997. The molecule has 84 valence electrons. The molecule has 1 aliphatic heterocycles. The minimum Gasteiger partial charge on any atom is -0.333 e. The number of imidazole rings is 1. The monoisotopic (exact) mass is 208 g/mol. The molecule has 2 rings (SSSR count). The van der Waals surface area contributed by atoms with Crippen molar-refractivity contribution >= 4 is 0 Å². The van der Waals surface area contributed by atoms with E-state index in [4.69, 9.17) is 5.73 Å². The molecule has 0 radical (unpaired) electrons. The molecular formula is C11H20N4. The maximum absolute atomic E-state index is 6.20. The molecule has 2 unspecified atom stereocenters. The minimum atomic E-state index is 0.241. The van der Waals surface area contributed by atoms with E-state index < -0.39 is 0 Å². The second-order valence-electron chi connectivity index (χ2n) is 4.34. The minimum absolute atomic E-state index is 0.241. The molecule has 4 nitrogen and oxygen atoms in total. The van der Waals surface area contributed by atoms with Crippen LogP contribution in [-0.4, -0.2) is 34.1 Å². The highest BCUT2D eigenvalue weighted by Gasteiger charge is 2.29. The summed E-state index contributed by atoms with van der Waals surface area (Å²) in [7, 11) is 2.15. The molecule has 1 aromatic rings. The second-order valence-corrected chi connectivity index (χ2v) is 4.34. The van der Waals surface area contributed by atoms with E-state index in [2.05, 4.69) is 28.4 Å². The SMILES string of the molecule is CCn1cncc1C1C(N)CCCN1C. The Kier molecular flexibility index (Phi) is 3.07. The Labute approximate surface area is 91.1 Å². The molecule has 0 aliphatic carbocycles. The van der Waals surface area contributed by atoms with Gasteiger partial charge < -0.3 is 10.3 Å². The Morgan fingerprint density at radius 3 is 3.07 bits per heavy atom. The number of aromatic nitrogens is 2. The van der Waals surface area contributed by atoms with E-state index in [1.54, 1.807) is 0 Å². The number of rotatable bonds is 2. The largest absolute Gasteiger partial charge is 0.333 e. The molecular weight excluding hydrogens is 188 g/mol. The summed E-state index contributed by atoms with van der Waals surface area (Å²) in [5.74, 6) is 0. The lowest BCUT2D eigenvalue weighted by atomic mass is 9.95. The molecule has 2 heterocycles. The van der Waals surface area contributed by atoms with Gasteiger partial charge in [0, 0.05) is 18.8 Å². The van der Waals surface area contributed by atoms with Crippen LogP contribution in [0.3, 0.4) is 0 Å². The van der Waals surface area contributed by atoms with Gasteiger partial charge in [0.1, 0.15) is 0 Å². The average molecular weight is 208 g/mol. The van der Waals surface area contributed by atoms with Crippen molar-refractivity contribution in [2.45, 2.75) is 38.4 Å². The Morgan fingerprint density at radius 2 is 2.40 bits per heavy atom. The maximum Gasteiger partial charge on any atom is 0.0948 e. The first-order valence-electron chi connectivity index (χ1n) is 5.70. The third-order valence-corrected chi connectivity index (χ3v) is 3.32. The first kappa shape index (κ1) is 10.6. The summed E-state index contributed by atoms with van der Waals surface area (Å²) in [5, 5.41) is 0. The fourth-order valence-corrected chi connectivity index (χ4v) is 2.49. The van der Waals surface area contributed by atoms with Crippen molar-refractivity contribution < 1.29 is 0 Å². The van der Waals surface area contributed by atoms with Crippen LogP contribution in [0.1, 0.15) is 31.5 Å². The first-order valence-corrected chi connectivity index (χ1v) is 5.70. The van der Waals surface area contributed by atoms with Crippen molar-refractivity contribution in [2.24, 2.45) is 5.73 Å². The number of likely N-dealkylation sites (N-methyl/N-ethyl adjacent to an activating group) is 1. The fourth-order valence-electron chi connectivity index (χ4n) is 2.49. The summed E-state index contributed by atoms with van der Waals surface area (Å²) < 4.78 is 2.19. The molecule has 1 aromatic heterocycles. The highest BCUT2D eigenvalue weighted by Crippen LogP contribution is 2.28. The third-order valence-electron chi connectivity index (χ3n) is 3.32. The Morgan fingerprint density at radius 1 is 1.60 bits per heavy atom. The van der Waals surface area contributed by atoms with Gasteiger partial charge >= 0.3 is 0 Å². The van der Waals surface area contributed by atoms with Crippen molar-refractivity contribution in [1.82, 2.24) is 14.5 Å². The highest BCUT2D eigenvalue weighted by molar-refractivity contribution is 5.10. The summed E-state index contributed by atoms with van der Waals surface area (Å²) in [6.45, 7) is 4.24. The van der Waals surface area contributed by atoms with E-state index in [1.807, 2.05) is 12.5 Å². The van der Waals surface area contributed by atoms with Gasteiger partial charge in [-0.1, -0.05) is 0 Å². The van der Waals surface area contributed by atoms with Crippen molar-refractivity contribution in [2.75, 3.05) is 13.6 Å². The van der Waals surface area contributed by atoms with E-state index >= 15 is 0 Å². The van der Waals surface area contributed by atoms with Gasteiger partial charge in [-0.15, -0.1) is 0 Å². The van der Waals surface area contributed by atoms with Crippen LogP contribution in [0.4, 0.5) is 0 Å². The standard InChI is InChI=1S/C11H20N4/c1-3-15-8-13-7-10(15)11-9(12)5-4-6-14(11)2/h7-9,11H,3-6,12H2,1-2H3. The molecule has 1 saturated heterocycles. The van der Waals surface area contributed by atoms with Gasteiger partial charge in [-0.25, -0.2) is 4.98 Å². The van der Waals surface area contributed by atoms with Crippen molar-refractivity contribution in [3.05, 3.63) is 18.2 Å². The lowest BCUT2D eigenvalue weighted by Gasteiger charge is -2.37. The van der Waals surface area contributed by atoms with Gasteiger partial charge in [0.15, 0.2) is 0 Å². The second kappa shape index (κ2) is 4.33. The van der Waals surface area contributed by atoms with Crippen LogP contribution in [0.15, 0.2) is 12.5 Å². The number of nitrogens with two attached hydrogens (primary N) is 1. The van der Waals surface area contributed by atoms with Gasteiger partial charge in [0.05, 0.1) is 18.1 Å². The van der Waals surface area contributed by atoms with Gasteiger partial charge in [0.2, 0.25) is 0 Å². The van der Waals surface area contributed by atoms with Crippen LogP contribution in [-0.2, 0) is 6.54 Å². The number of piperidine rings is 1. The van der Waals surface area contributed by atoms with Gasteiger partial charge in [-0.2, -0.15) is 0 Å². The smallest absolute Gasteiger partial charge is 0.0948 e. The number of likely N-dealkylation sites (tertiary alicyclic amines) is 1. The Balaban J connectivity index is 2.27.